The Morgan fingerprint density at radius 2 is 1.48 bits per heavy atom. The second-order valence-electron chi connectivity index (χ2n) is 7.85. The van der Waals surface area contributed by atoms with E-state index in [2.05, 4.69) is 0 Å². The number of benzene rings is 3. The van der Waals surface area contributed by atoms with Gasteiger partial charge in [0.1, 0.15) is 11.8 Å². The zero-order chi connectivity index (χ0) is 23.4. The third-order valence-corrected chi connectivity index (χ3v) is 5.99. The first kappa shape index (κ1) is 22.3. The van der Waals surface area contributed by atoms with Gasteiger partial charge in [-0.3, -0.25) is 4.79 Å². The van der Waals surface area contributed by atoms with E-state index in [1.165, 1.54) is 0 Å². The average Bonchev–Trinajstić information content (AvgIpc) is 3.17. The molecule has 0 spiro atoms. The number of hydrogen-bond donors (Lipinski definition) is 0. The predicted octanol–water partition coefficient (Wildman–Crippen LogP) is 5.39. The third kappa shape index (κ3) is 4.27. The van der Waals surface area contributed by atoms with Crippen LogP contribution >= 0.6 is 0 Å². The summed E-state index contributed by atoms with van der Waals surface area (Å²) in [7, 11) is 1.61. The van der Waals surface area contributed by atoms with Crippen LogP contribution in [0.2, 0.25) is 0 Å². The Morgan fingerprint density at radius 1 is 0.879 bits per heavy atom. The lowest BCUT2D eigenvalue weighted by Crippen LogP contribution is -2.40. The molecule has 2 unspecified atom stereocenters. The van der Waals surface area contributed by atoms with Crippen LogP contribution in [0.15, 0.2) is 96.2 Å². The van der Waals surface area contributed by atoms with Crippen LogP contribution in [0.25, 0.3) is 0 Å². The van der Waals surface area contributed by atoms with Gasteiger partial charge in [-0.1, -0.05) is 60.7 Å². The number of ketones is 1. The average molecular weight is 442 g/mol. The van der Waals surface area contributed by atoms with Gasteiger partial charge in [-0.25, -0.2) is 4.79 Å². The van der Waals surface area contributed by atoms with Crippen molar-refractivity contribution in [1.29, 1.82) is 0 Å². The molecule has 0 fully saturated rings. The molecule has 1 aliphatic rings. The summed E-state index contributed by atoms with van der Waals surface area (Å²) in [6.45, 7) is 3.93. The molecule has 0 bridgehead atoms. The number of anilines is 1. The molecule has 5 nitrogen and oxygen atoms in total. The summed E-state index contributed by atoms with van der Waals surface area (Å²) in [5, 5.41) is 0. The molecule has 5 heteroatoms. The van der Waals surface area contributed by atoms with Gasteiger partial charge >= 0.3 is 5.97 Å². The van der Waals surface area contributed by atoms with Crippen molar-refractivity contribution in [2.75, 3.05) is 18.6 Å². The highest BCUT2D eigenvalue weighted by atomic mass is 16.5. The quantitative estimate of drug-likeness (QED) is 0.364. The molecule has 0 aliphatic carbocycles. The summed E-state index contributed by atoms with van der Waals surface area (Å²) >= 11 is 0. The predicted molar refractivity (Wildman–Crippen MR) is 129 cm³/mol. The smallest absolute Gasteiger partial charge is 0.336 e. The van der Waals surface area contributed by atoms with Crippen LogP contribution in [0.3, 0.4) is 0 Å². The van der Waals surface area contributed by atoms with E-state index in [0.717, 1.165) is 17.0 Å². The lowest BCUT2D eigenvalue weighted by atomic mass is 9.83. The van der Waals surface area contributed by atoms with Gasteiger partial charge < -0.3 is 14.4 Å². The molecule has 0 saturated heterocycles. The number of nitrogens with zero attached hydrogens (tertiary/aromatic N) is 1. The van der Waals surface area contributed by atoms with E-state index in [0.29, 0.717) is 16.8 Å². The Kier molecular flexibility index (Phi) is 6.59. The van der Waals surface area contributed by atoms with Gasteiger partial charge in [0.05, 0.1) is 19.3 Å². The lowest BCUT2D eigenvalue weighted by molar-refractivity contribution is -0.138. The Hall–Kier alpha value is -3.86. The normalized spacial score (nSPS) is 17.7. The minimum atomic E-state index is -0.636. The van der Waals surface area contributed by atoms with Crippen molar-refractivity contribution in [2.45, 2.75) is 25.8 Å². The first-order chi connectivity index (χ1) is 16.1. The minimum absolute atomic E-state index is 0.0566. The Labute approximate surface area is 194 Å². The number of ether oxygens (including phenoxy) is 2. The molecule has 3 aromatic carbocycles. The largest absolute Gasteiger partial charge is 0.497 e. The summed E-state index contributed by atoms with van der Waals surface area (Å²) in [5.41, 5.74) is 3.52. The molecule has 3 aromatic rings. The van der Waals surface area contributed by atoms with Gasteiger partial charge in [0.2, 0.25) is 0 Å². The highest BCUT2D eigenvalue weighted by Gasteiger charge is 2.47. The number of allylic oxidation sites excluding steroid dienone is 1. The number of methoxy groups -OCH3 is 1. The van der Waals surface area contributed by atoms with Gasteiger partial charge in [0.15, 0.2) is 5.78 Å². The van der Waals surface area contributed by atoms with E-state index in [4.69, 9.17) is 9.47 Å². The maximum atomic E-state index is 14.0. The maximum Gasteiger partial charge on any atom is 0.336 e. The zero-order valence-corrected chi connectivity index (χ0v) is 19.0. The fourth-order valence-electron chi connectivity index (χ4n) is 4.50. The molecule has 0 radical (unpaired) electrons. The minimum Gasteiger partial charge on any atom is -0.497 e. The topological polar surface area (TPSA) is 55.8 Å². The van der Waals surface area contributed by atoms with Gasteiger partial charge in [-0.15, -0.1) is 0 Å². The molecule has 33 heavy (non-hydrogen) atoms. The molecular formula is C28H27NO4. The van der Waals surface area contributed by atoms with Crippen LogP contribution in [0.5, 0.6) is 5.75 Å². The maximum absolute atomic E-state index is 14.0. The number of carbonyl (C=O) groups is 2. The third-order valence-electron chi connectivity index (χ3n) is 5.99. The number of Topliss-reactive ketones (excluding diaryl/α,β-unsaturated/α-hetero) is 1. The van der Waals surface area contributed by atoms with E-state index in [-0.39, 0.29) is 12.4 Å². The van der Waals surface area contributed by atoms with Crippen molar-refractivity contribution in [3.63, 3.8) is 0 Å². The standard InChI is InChI=1S/C28H27NO4/c1-4-33-28(31)24-19(2)29(22-15-17-23(32-3)18-16-22)26(25(24)20-11-7-5-8-12-20)27(30)21-13-9-6-10-14-21/h5-18,25-26H,4H2,1-3H3. The molecule has 0 saturated carbocycles. The van der Waals surface area contributed by atoms with Crippen molar-refractivity contribution in [2.24, 2.45) is 0 Å². The highest BCUT2D eigenvalue weighted by molar-refractivity contribution is 6.07. The van der Waals surface area contributed by atoms with E-state index >= 15 is 0 Å². The fraction of sp³-hybridized carbons (Fsp3) is 0.214. The zero-order valence-electron chi connectivity index (χ0n) is 19.0. The number of esters is 1. The van der Waals surface area contributed by atoms with Crippen LogP contribution < -0.4 is 9.64 Å². The van der Waals surface area contributed by atoms with Crippen LogP contribution in [0, 0.1) is 0 Å². The van der Waals surface area contributed by atoms with Gasteiger partial charge in [0.25, 0.3) is 0 Å². The van der Waals surface area contributed by atoms with Crippen LogP contribution in [0.1, 0.15) is 35.7 Å². The van der Waals surface area contributed by atoms with Crippen LogP contribution in [0.4, 0.5) is 5.69 Å². The van der Waals surface area contributed by atoms with Gasteiger partial charge in [0, 0.05) is 22.9 Å². The molecule has 1 aliphatic heterocycles. The highest BCUT2D eigenvalue weighted by Crippen LogP contribution is 2.45. The molecule has 4 rings (SSSR count). The van der Waals surface area contributed by atoms with Crippen molar-refractivity contribution < 1.29 is 19.1 Å². The summed E-state index contributed by atoms with van der Waals surface area (Å²) in [4.78, 5) is 29.1. The first-order valence-corrected chi connectivity index (χ1v) is 11.0. The summed E-state index contributed by atoms with van der Waals surface area (Å²) in [6.07, 6.45) is 0. The second kappa shape index (κ2) is 9.74. The second-order valence-corrected chi connectivity index (χ2v) is 7.85. The molecular weight excluding hydrogens is 414 g/mol. The SMILES string of the molecule is CCOC(=O)C1=C(C)N(c2ccc(OC)cc2)C(C(=O)c2ccccc2)C1c1ccccc1. The Bertz CT molecular complexity index is 1150. The van der Waals surface area contributed by atoms with E-state index in [1.807, 2.05) is 96.8 Å². The van der Waals surface area contributed by atoms with Crippen LogP contribution in [-0.2, 0) is 9.53 Å². The molecule has 2 atom stereocenters. The molecule has 0 N–H and O–H groups in total. The fourth-order valence-corrected chi connectivity index (χ4v) is 4.50. The lowest BCUT2D eigenvalue weighted by Gasteiger charge is -2.31. The van der Waals surface area contributed by atoms with Crippen molar-refractivity contribution in [1.82, 2.24) is 0 Å². The molecule has 168 valence electrons. The van der Waals surface area contributed by atoms with E-state index in [1.54, 1.807) is 14.0 Å². The molecule has 1 heterocycles. The summed E-state index contributed by atoms with van der Waals surface area (Å²) in [5.74, 6) is -0.208. The first-order valence-electron chi connectivity index (χ1n) is 11.0. The van der Waals surface area contributed by atoms with Crippen molar-refractivity contribution >= 4 is 17.4 Å². The van der Waals surface area contributed by atoms with Gasteiger partial charge in [-0.05, 0) is 43.7 Å². The van der Waals surface area contributed by atoms with Crippen molar-refractivity contribution in [3.05, 3.63) is 107 Å². The van der Waals surface area contributed by atoms with E-state index < -0.39 is 17.9 Å². The number of hydrogen-bond acceptors (Lipinski definition) is 5. The van der Waals surface area contributed by atoms with E-state index in [9.17, 15) is 9.59 Å². The summed E-state index contributed by atoms with van der Waals surface area (Å²) in [6, 6.07) is 25.8. The number of carbonyl (C=O) groups excluding carboxylic acids is 2. The Morgan fingerprint density at radius 3 is 2.06 bits per heavy atom. The molecule has 0 amide bonds. The van der Waals surface area contributed by atoms with Gasteiger partial charge in [-0.2, -0.15) is 0 Å². The van der Waals surface area contributed by atoms with Crippen molar-refractivity contribution in [3.8, 4) is 5.75 Å². The number of rotatable bonds is 7. The van der Waals surface area contributed by atoms with Crippen LogP contribution in [-0.4, -0.2) is 31.5 Å². The molecule has 0 aromatic heterocycles. The Balaban J connectivity index is 1.92. The monoisotopic (exact) mass is 441 g/mol. The summed E-state index contributed by atoms with van der Waals surface area (Å²) < 4.78 is 10.8.